The van der Waals surface area contributed by atoms with Crippen LogP contribution in [0.25, 0.3) is 0 Å². The minimum atomic E-state index is -0.361. The van der Waals surface area contributed by atoms with Gasteiger partial charge in [0.1, 0.15) is 0 Å². The van der Waals surface area contributed by atoms with Gasteiger partial charge in [0, 0.05) is 28.2 Å². The predicted octanol–water partition coefficient (Wildman–Crippen LogP) is 4.11. The van der Waals surface area contributed by atoms with E-state index in [1.807, 2.05) is 20.8 Å². The molecule has 4 N–H and O–H groups in total. The molecule has 0 radical (unpaired) electrons. The summed E-state index contributed by atoms with van der Waals surface area (Å²) < 4.78 is 5.07. The molecule has 0 atom stereocenters. The number of carbonyl (C=O) groups is 3. The first-order valence-electron chi connectivity index (χ1n) is 10.1. The zero-order valence-corrected chi connectivity index (χ0v) is 18.2. The number of furan rings is 1. The molecule has 1 aromatic heterocycles. The first kappa shape index (κ1) is 22.6. The minimum Gasteiger partial charge on any atom is -0.459 e. The average Bonchev–Trinajstić information content (AvgIpc) is 3.27. The van der Waals surface area contributed by atoms with E-state index in [1.165, 1.54) is 6.26 Å². The van der Waals surface area contributed by atoms with Crippen molar-refractivity contribution in [2.45, 2.75) is 26.3 Å². The maximum Gasteiger partial charge on any atom is 0.291 e. The second kappa shape index (κ2) is 9.82. The number of hydrogen-bond donors (Lipinski definition) is 4. The van der Waals surface area contributed by atoms with E-state index >= 15 is 0 Å². The van der Waals surface area contributed by atoms with Crippen LogP contribution in [0.3, 0.4) is 0 Å². The van der Waals surface area contributed by atoms with Gasteiger partial charge in [-0.05, 0) is 69.3 Å². The second-order valence-electron chi connectivity index (χ2n) is 8.20. The Hall–Kier alpha value is -4.07. The number of rotatable bonds is 7. The van der Waals surface area contributed by atoms with E-state index < -0.39 is 0 Å². The Labute approximate surface area is 186 Å². The topological polar surface area (TPSA) is 112 Å². The lowest BCUT2D eigenvalue weighted by Crippen LogP contribution is -2.40. The normalized spacial score (nSPS) is 10.8. The van der Waals surface area contributed by atoms with Crippen molar-refractivity contribution in [2.75, 3.05) is 22.5 Å². The number of nitrogens with one attached hydrogen (secondary N) is 4. The molecule has 0 aliphatic heterocycles. The smallest absolute Gasteiger partial charge is 0.291 e. The fourth-order valence-electron chi connectivity index (χ4n) is 2.85. The lowest BCUT2D eigenvalue weighted by atomic mass is 10.1. The van der Waals surface area contributed by atoms with Gasteiger partial charge in [-0.2, -0.15) is 0 Å². The molecule has 3 aromatic rings. The van der Waals surface area contributed by atoms with Crippen LogP contribution in [0, 0.1) is 0 Å². The van der Waals surface area contributed by atoms with Gasteiger partial charge >= 0.3 is 0 Å². The monoisotopic (exact) mass is 434 g/mol. The molecule has 0 fully saturated rings. The summed E-state index contributed by atoms with van der Waals surface area (Å²) in [6, 6.07) is 17.0. The van der Waals surface area contributed by atoms with Crippen molar-refractivity contribution in [1.82, 2.24) is 5.32 Å². The molecular formula is C24H26N4O4. The Kier molecular flexibility index (Phi) is 6.94. The molecule has 0 spiro atoms. The molecule has 3 rings (SSSR count). The van der Waals surface area contributed by atoms with Gasteiger partial charge in [-0.1, -0.05) is 12.1 Å². The van der Waals surface area contributed by atoms with E-state index in [0.29, 0.717) is 22.6 Å². The van der Waals surface area contributed by atoms with Crippen molar-refractivity contribution in [1.29, 1.82) is 0 Å². The number of amides is 3. The molecule has 166 valence electrons. The summed E-state index contributed by atoms with van der Waals surface area (Å²) in [7, 11) is 0. The van der Waals surface area contributed by atoms with Crippen molar-refractivity contribution in [3.8, 4) is 0 Å². The zero-order chi connectivity index (χ0) is 23.1. The summed E-state index contributed by atoms with van der Waals surface area (Å²) in [4.78, 5) is 36.8. The molecule has 2 aromatic carbocycles. The quantitative estimate of drug-likeness (QED) is 0.447. The van der Waals surface area contributed by atoms with E-state index in [0.717, 1.165) is 0 Å². The van der Waals surface area contributed by atoms with Crippen LogP contribution < -0.4 is 21.3 Å². The molecule has 0 bridgehead atoms. The van der Waals surface area contributed by atoms with Crippen LogP contribution in [0.2, 0.25) is 0 Å². The average molecular weight is 434 g/mol. The number of benzene rings is 2. The number of carbonyl (C=O) groups excluding carboxylic acids is 3. The van der Waals surface area contributed by atoms with Gasteiger partial charge in [-0.25, -0.2) is 0 Å². The standard InChI is InChI=1S/C24H26N4O4/c1-24(2,3)28-22(30)16-7-4-9-18(13-16)26-21(29)15-25-17-8-5-10-19(14-17)27-23(31)20-11-6-12-32-20/h4-14,25H,15H2,1-3H3,(H,26,29)(H,27,31)(H,28,30). The Morgan fingerprint density at radius 3 is 2.19 bits per heavy atom. The van der Waals surface area contributed by atoms with E-state index in [-0.39, 0.29) is 35.6 Å². The maximum absolute atomic E-state index is 12.4. The molecular weight excluding hydrogens is 408 g/mol. The zero-order valence-electron chi connectivity index (χ0n) is 18.2. The molecule has 0 saturated carbocycles. The third kappa shape index (κ3) is 6.73. The predicted molar refractivity (Wildman–Crippen MR) is 124 cm³/mol. The van der Waals surface area contributed by atoms with Crippen molar-refractivity contribution in [3.63, 3.8) is 0 Å². The third-order valence-corrected chi connectivity index (χ3v) is 4.22. The summed E-state index contributed by atoms with van der Waals surface area (Å²) in [5.41, 5.74) is 1.86. The van der Waals surface area contributed by atoms with Crippen LogP contribution in [-0.4, -0.2) is 29.8 Å². The van der Waals surface area contributed by atoms with Gasteiger partial charge in [0.2, 0.25) is 5.91 Å². The van der Waals surface area contributed by atoms with Crippen LogP contribution in [0.4, 0.5) is 17.1 Å². The Morgan fingerprint density at radius 1 is 0.812 bits per heavy atom. The highest BCUT2D eigenvalue weighted by Crippen LogP contribution is 2.17. The van der Waals surface area contributed by atoms with Gasteiger partial charge in [0.25, 0.3) is 11.8 Å². The minimum absolute atomic E-state index is 0.00794. The third-order valence-electron chi connectivity index (χ3n) is 4.22. The summed E-state index contributed by atoms with van der Waals surface area (Å²) >= 11 is 0. The first-order valence-corrected chi connectivity index (χ1v) is 10.1. The van der Waals surface area contributed by atoms with Crippen LogP contribution in [0.15, 0.2) is 71.3 Å². The van der Waals surface area contributed by atoms with Crippen LogP contribution in [-0.2, 0) is 4.79 Å². The molecule has 0 saturated heterocycles. The van der Waals surface area contributed by atoms with Crippen LogP contribution in [0.1, 0.15) is 41.7 Å². The highest BCUT2D eigenvalue weighted by atomic mass is 16.3. The van der Waals surface area contributed by atoms with E-state index in [4.69, 9.17) is 4.42 Å². The fourth-order valence-corrected chi connectivity index (χ4v) is 2.85. The molecule has 8 nitrogen and oxygen atoms in total. The van der Waals surface area contributed by atoms with Crippen LogP contribution >= 0.6 is 0 Å². The Morgan fingerprint density at radius 2 is 1.50 bits per heavy atom. The Balaban J connectivity index is 1.54. The van der Waals surface area contributed by atoms with Crippen molar-refractivity contribution < 1.29 is 18.8 Å². The van der Waals surface area contributed by atoms with Crippen molar-refractivity contribution in [3.05, 3.63) is 78.3 Å². The molecule has 32 heavy (non-hydrogen) atoms. The number of hydrogen-bond acceptors (Lipinski definition) is 5. The van der Waals surface area contributed by atoms with Gasteiger partial charge < -0.3 is 25.7 Å². The Bertz CT molecular complexity index is 1100. The summed E-state index contributed by atoms with van der Waals surface area (Å²) in [6.07, 6.45) is 1.43. The maximum atomic E-state index is 12.4. The molecule has 1 heterocycles. The van der Waals surface area contributed by atoms with E-state index in [2.05, 4.69) is 21.3 Å². The fraction of sp³-hybridized carbons (Fsp3) is 0.208. The molecule has 0 unspecified atom stereocenters. The second-order valence-corrected chi connectivity index (χ2v) is 8.20. The van der Waals surface area contributed by atoms with Crippen LogP contribution in [0.5, 0.6) is 0 Å². The highest BCUT2D eigenvalue weighted by Gasteiger charge is 2.16. The lowest BCUT2D eigenvalue weighted by Gasteiger charge is -2.20. The SMILES string of the molecule is CC(C)(C)NC(=O)c1cccc(NC(=O)CNc2cccc(NC(=O)c3ccco3)c2)c1. The molecule has 0 aliphatic rings. The van der Waals surface area contributed by atoms with E-state index in [9.17, 15) is 14.4 Å². The number of anilines is 3. The van der Waals surface area contributed by atoms with Crippen molar-refractivity contribution >= 4 is 34.8 Å². The summed E-state index contributed by atoms with van der Waals surface area (Å²) in [5.74, 6) is -0.634. The van der Waals surface area contributed by atoms with Gasteiger partial charge in [0.05, 0.1) is 12.8 Å². The van der Waals surface area contributed by atoms with Gasteiger partial charge in [-0.15, -0.1) is 0 Å². The van der Waals surface area contributed by atoms with Gasteiger partial charge in [-0.3, -0.25) is 14.4 Å². The summed E-state index contributed by atoms with van der Waals surface area (Å²) in [5, 5.41) is 11.4. The largest absolute Gasteiger partial charge is 0.459 e. The highest BCUT2D eigenvalue weighted by molar-refractivity contribution is 6.02. The molecule has 0 aliphatic carbocycles. The van der Waals surface area contributed by atoms with Crippen molar-refractivity contribution in [2.24, 2.45) is 0 Å². The molecule has 3 amide bonds. The summed E-state index contributed by atoms with van der Waals surface area (Å²) in [6.45, 7) is 5.72. The molecule has 8 heteroatoms. The van der Waals surface area contributed by atoms with Gasteiger partial charge in [0.15, 0.2) is 5.76 Å². The lowest BCUT2D eigenvalue weighted by molar-refractivity contribution is -0.114. The first-order chi connectivity index (χ1) is 15.2. The van der Waals surface area contributed by atoms with E-state index in [1.54, 1.807) is 60.7 Å².